The Labute approximate surface area is 128 Å². The van der Waals surface area contributed by atoms with E-state index in [0.29, 0.717) is 0 Å². The van der Waals surface area contributed by atoms with Crippen LogP contribution in [0.1, 0.15) is 17.2 Å². The van der Waals surface area contributed by atoms with Gasteiger partial charge in [0.1, 0.15) is 6.04 Å². The van der Waals surface area contributed by atoms with Crippen LogP contribution in [0.5, 0.6) is 0 Å². The topological polar surface area (TPSA) is 75.7 Å². The summed E-state index contributed by atoms with van der Waals surface area (Å²) in [4.78, 5) is 37.9. The number of likely N-dealkylation sites (tertiary alicyclic amines) is 1. The summed E-state index contributed by atoms with van der Waals surface area (Å²) in [5.74, 6) is -2.35. The zero-order chi connectivity index (χ0) is 16.0. The minimum absolute atomic E-state index is 0.248. The minimum atomic E-state index is -0.791. The standard InChI is InChI=1S/C16H18N2O4/c1-8-6-4-5-7-9(8)12-10-11(13(17-12)16(21)22-3)15(20)18(2)14(10)19/h4-7,10-13,17H,1-3H3/t10-,11+,12+,13-/m0/s1. The van der Waals surface area contributed by atoms with E-state index in [2.05, 4.69) is 5.32 Å². The molecule has 22 heavy (non-hydrogen) atoms. The number of hydrogen-bond acceptors (Lipinski definition) is 5. The largest absolute Gasteiger partial charge is 0.468 e. The molecule has 0 aromatic heterocycles. The van der Waals surface area contributed by atoms with Crippen LogP contribution >= 0.6 is 0 Å². The number of carbonyl (C=O) groups excluding carboxylic acids is 3. The Kier molecular flexibility index (Phi) is 3.48. The number of nitrogens with one attached hydrogen (secondary N) is 1. The molecule has 0 unspecified atom stereocenters. The van der Waals surface area contributed by atoms with Gasteiger partial charge in [-0.3, -0.25) is 24.6 Å². The summed E-state index contributed by atoms with van der Waals surface area (Å²) < 4.78 is 4.79. The lowest BCUT2D eigenvalue weighted by Gasteiger charge is -2.21. The van der Waals surface area contributed by atoms with Crippen molar-refractivity contribution in [3.63, 3.8) is 0 Å². The third kappa shape index (κ3) is 1.94. The lowest BCUT2D eigenvalue weighted by molar-refractivity contribution is -0.147. The summed E-state index contributed by atoms with van der Waals surface area (Å²) in [7, 11) is 2.75. The SMILES string of the molecule is COC(=O)[C@H]1N[C@H](c2ccccc2C)[C@H]2C(=O)N(C)C(=O)[C@H]21. The molecule has 2 saturated heterocycles. The second kappa shape index (κ2) is 5.21. The number of nitrogens with zero attached hydrogens (tertiary/aromatic N) is 1. The van der Waals surface area contributed by atoms with Gasteiger partial charge in [0.15, 0.2) is 0 Å². The van der Waals surface area contributed by atoms with Gasteiger partial charge in [-0.2, -0.15) is 0 Å². The van der Waals surface area contributed by atoms with E-state index in [0.717, 1.165) is 16.0 Å². The molecule has 2 amide bonds. The molecule has 0 aliphatic carbocycles. The number of carbonyl (C=O) groups is 3. The van der Waals surface area contributed by atoms with Gasteiger partial charge in [-0.05, 0) is 18.1 Å². The van der Waals surface area contributed by atoms with Crippen LogP contribution in [0, 0.1) is 18.8 Å². The Balaban J connectivity index is 2.06. The van der Waals surface area contributed by atoms with Gasteiger partial charge in [-0.1, -0.05) is 24.3 Å². The van der Waals surface area contributed by atoms with Gasteiger partial charge in [0, 0.05) is 13.1 Å². The summed E-state index contributed by atoms with van der Waals surface area (Å²) in [6, 6.07) is 6.51. The molecule has 0 saturated carbocycles. The van der Waals surface area contributed by atoms with Crippen LogP contribution < -0.4 is 5.32 Å². The summed E-state index contributed by atoms with van der Waals surface area (Å²) >= 11 is 0. The fraction of sp³-hybridized carbons (Fsp3) is 0.438. The van der Waals surface area contributed by atoms with Crippen LogP contribution in [-0.4, -0.2) is 42.9 Å². The first-order valence-corrected chi connectivity index (χ1v) is 7.18. The number of esters is 1. The van der Waals surface area contributed by atoms with Crippen LogP contribution in [0.25, 0.3) is 0 Å². The molecule has 116 valence electrons. The number of methoxy groups -OCH3 is 1. The Morgan fingerprint density at radius 3 is 2.45 bits per heavy atom. The number of imide groups is 1. The molecule has 1 aromatic rings. The molecule has 2 heterocycles. The first-order valence-electron chi connectivity index (χ1n) is 7.18. The number of rotatable bonds is 2. The van der Waals surface area contributed by atoms with E-state index in [1.807, 2.05) is 31.2 Å². The van der Waals surface area contributed by atoms with E-state index in [-0.39, 0.29) is 17.9 Å². The first kappa shape index (κ1) is 14.7. The summed E-state index contributed by atoms with van der Waals surface area (Å²) in [5, 5.41) is 3.14. The molecule has 1 N–H and O–H groups in total. The normalized spacial score (nSPS) is 30.6. The Hall–Kier alpha value is -2.21. The molecule has 2 aliphatic heterocycles. The zero-order valence-electron chi connectivity index (χ0n) is 12.7. The molecule has 0 bridgehead atoms. The maximum Gasteiger partial charge on any atom is 0.323 e. The van der Waals surface area contributed by atoms with Crippen molar-refractivity contribution in [3.05, 3.63) is 35.4 Å². The lowest BCUT2D eigenvalue weighted by Crippen LogP contribution is -2.42. The molecule has 6 nitrogen and oxygen atoms in total. The van der Waals surface area contributed by atoms with Gasteiger partial charge in [0.05, 0.1) is 18.9 Å². The van der Waals surface area contributed by atoms with Crippen LogP contribution in [0.2, 0.25) is 0 Å². The highest BCUT2D eigenvalue weighted by Gasteiger charge is 2.60. The molecular formula is C16H18N2O4. The number of aryl methyl sites for hydroxylation is 1. The Bertz CT molecular complexity index is 657. The minimum Gasteiger partial charge on any atom is -0.468 e. The molecule has 4 atom stereocenters. The third-order valence-electron chi connectivity index (χ3n) is 4.67. The third-order valence-corrected chi connectivity index (χ3v) is 4.67. The van der Waals surface area contributed by atoms with Gasteiger partial charge >= 0.3 is 5.97 Å². The highest BCUT2D eigenvalue weighted by atomic mass is 16.5. The predicted molar refractivity (Wildman–Crippen MR) is 77.6 cm³/mol. The van der Waals surface area contributed by atoms with E-state index < -0.39 is 23.8 Å². The molecule has 0 spiro atoms. The number of benzene rings is 1. The van der Waals surface area contributed by atoms with Crippen molar-refractivity contribution in [2.75, 3.05) is 14.2 Å². The molecule has 3 rings (SSSR count). The van der Waals surface area contributed by atoms with Crippen molar-refractivity contribution in [2.24, 2.45) is 11.8 Å². The van der Waals surface area contributed by atoms with Crippen LogP contribution in [0.4, 0.5) is 0 Å². The molecule has 6 heteroatoms. The second-order valence-electron chi connectivity index (χ2n) is 5.79. The van der Waals surface area contributed by atoms with E-state index in [9.17, 15) is 14.4 Å². The monoisotopic (exact) mass is 302 g/mol. The molecule has 2 fully saturated rings. The zero-order valence-corrected chi connectivity index (χ0v) is 12.7. The Morgan fingerprint density at radius 2 is 1.82 bits per heavy atom. The van der Waals surface area contributed by atoms with E-state index in [1.54, 1.807) is 0 Å². The second-order valence-corrected chi connectivity index (χ2v) is 5.79. The van der Waals surface area contributed by atoms with Crippen LogP contribution in [0.15, 0.2) is 24.3 Å². The van der Waals surface area contributed by atoms with Crippen LogP contribution in [0.3, 0.4) is 0 Å². The number of hydrogen-bond donors (Lipinski definition) is 1. The number of amides is 2. The quantitative estimate of drug-likeness (QED) is 0.633. The fourth-order valence-corrected chi connectivity index (χ4v) is 3.52. The van der Waals surface area contributed by atoms with Gasteiger partial charge in [0.2, 0.25) is 11.8 Å². The highest BCUT2D eigenvalue weighted by Crippen LogP contribution is 2.44. The van der Waals surface area contributed by atoms with E-state index in [1.165, 1.54) is 14.2 Å². The summed E-state index contributed by atoms with van der Waals surface area (Å²) in [6.07, 6.45) is 0. The number of ether oxygens (including phenoxy) is 1. The summed E-state index contributed by atoms with van der Waals surface area (Å²) in [6.45, 7) is 1.95. The smallest absolute Gasteiger partial charge is 0.323 e. The van der Waals surface area contributed by atoms with Crippen LogP contribution in [-0.2, 0) is 19.1 Å². The average Bonchev–Trinajstić information content (AvgIpc) is 3.01. The van der Waals surface area contributed by atoms with Crippen molar-refractivity contribution >= 4 is 17.8 Å². The van der Waals surface area contributed by atoms with E-state index >= 15 is 0 Å². The van der Waals surface area contributed by atoms with Crippen molar-refractivity contribution < 1.29 is 19.1 Å². The number of fused-ring (bicyclic) bond motifs is 1. The molecule has 2 aliphatic rings. The van der Waals surface area contributed by atoms with Crippen molar-refractivity contribution in [2.45, 2.75) is 19.0 Å². The van der Waals surface area contributed by atoms with Crippen molar-refractivity contribution in [1.82, 2.24) is 10.2 Å². The van der Waals surface area contributed by atoms with Gasteiger partial charge in [0.25, 0.3) is 0 Å². The van der Waals surface area contributed by atoms with Gasteiger partial charge in [-0.25, -0.2) is 0 Å². The Morgan fingerprint density at radius 1 is 1.18 bits per heavy atom. The fourth-order valence-electron chi connectivity index (χ4n) is 3.52. The lowest BCUT2D eigenvalue weighted by atomic mass is 9.85. The van der Waals surface area contributed by atoms with E-state index in [4.69, 9.17) is 4.74 Å². The van der Waals surface area contributed by atoms with Gasteiger partial charge < -0.3 is 4.74 Å². The maximum absolute atomic E-state index is 12.5. The maximum atomic E-state index is 12.5. The molecular weight excluding hydrogens is 284 g/mol. The van der Waals surface area contributed by atoms with Crippen molar-refractivity contribution in [3.8, 4) is 0 Å². The molecule has 1 aromatic carbocycles. The predicted octanol–water partition coefficient (Wildman–Crippen LogP) is 0.412. The highest BCUT2D eigenvalue weighted by molar-refractivity contribution is 6.08. The molecule has 0 radical (unpaired) electrons. The average molecular weight is 302 g/mol. The first-order chi connectivity index (χ1) is 10.5. The summed E-state index contributed by atoms with van der Waals surface area (Å²) in [5.41, 5.74) is 1.94. The van der Waals surface area contributed by atoms with Gasteiger partial charge in [-0.15, -0.1) is 0 Å². The van der Waals surface area contributed by atoms with Crippen molar-refractivity contribution in [1.29, 1.82) is 0 Å².